The molecule has 3 rings (SSSR count). The van der Waals surface area contributed by atoms with Gasteiger partial charge < -0.3 is 5.73 Å². The highest BCUT2D eigenvalue weighted by molar-refractivity contribution is 5.65. The van der Waals surface area contributed by atoms with E-state index in [-0.39, 0.29) is 0 Å². The van der Waals surface area contributed by atoms with E-state index in [0.717, 1.165) is 22.6 Å². The van der Waals surface area contributed by atoms with Gasteiger partial charge in [-0.15, -0.1) is 0 Å². The van der Waals surface area contributed by atoms with E-state index in [1.54, 1.807) is 0 Å². The van der Waals surface area contributed by atoms with Crippen LogP contribution >= 0.6 is 0 Å². The highest BCUT2D eigenvalue weighted by Crippen LogP contribution is 2.21. The van der Waals surface area contributed by atoms with E-state index >= 15 is 0 Å². The molecule has 16 heavy (non-hydrogen) atoms. The molecule has 0 amide bonds. The number of pyridine rings is 1. The van der Waals surface area contributed by atoms with Crippen molar-refractivity contribution in [1.29, 1.82) is 0 Å². The highest BCUT2D eigenvalue weighted by Gasteiger charge is 2.03. The second-order valence-electron chi connectivity index (χ2n) is 3.69. The monoisotopic (exact) mass is 209 g/mol. The summed E-state index contributed by atoms with van der Waals surface area (Å²) in [5.74, 6) is 0. The van der Waals surface area contributed by atoms with Gasteiger partial charge in [-0.1, -0.05) is 18.2 Å². The van der Waals surface area contributed by atoms with Gasteiger partial charge in [0.1, 0.15) is 5.65 Å². The molecule has 0 radical (unpaired) electrons. The first-order valence-electron chi connectivity index (χ1n) is 5.12. The van der Waals surface area contributed by atoms with Gasteiger partial charge in [0.25, 0.3) is 0 Å². The number of nitrogens with zero attached hydrogens (tertiary/aromatic N) is 2. The van der Waals surface area contributed by atoms with Crippen LogP contribution in [0.2, 0.25) is 0 Å². The summed E-state index contributed by atoms with van der Waals surface area (Å²) in [7, 11) is 0. The largest absolute Gasteiger partial charge is 0.399 e. The first-order valence-corrected chi connectivity index (χ1v) is 5.12. The Morgan fingerprint density at radius 3 is 2.62 bits per heavy atom. The van der Waals surface area contributed by atoms with Crippen LogP contribution in [0.1, 0.15) is 0 Å². The third-order valence-electron chi connectivity index (χ3n) is 2.62. The molecule has 0 aliphatic carbocycles. The fourth-order valence-electron chi connectivity index (χ4n) is 1.80. The van der Waals surface area contributed by atoms with Crippen molar-refractivity contribution in [3.8, 4) is 11.3 Å². The number of anilines is 1. The van der Waals surface area contributed by atoms with Crippen molar-refractivity contribution in [3.63, 3.8) is 0 Å². The summed E-state index contributed by atoms with van der Waals surface area (Å²) in [6.07, 6.45) is 3.88. The summed E-state index contributed by atoms with van der Waals surface area (Å²) in [4.78, 5) is 4.35. The summed E-state index contributed by atoms with van der Waals surface area (Å²) >= 11 is 0. The predicted molar refractivity (Wildman–Crippen MR) is 65.0 cm³/mol. The second kappa shape index (κ2) is 3.38. The fourth-order valence-corrected chi connectivity index (χ4v) is 1.80. The van der Waals surface area contributed by atoms with Crippen molar-refractivity contribution in [2.45, 2.75) is 0 Å². The minimum absolute atomic E-state index is 0.776. The van der Waals surface area contributed by atoms with Crippen LogP contribution in [0.5, 0.6) is 0 Å². The molecule has 3 heteroatoms. The first kappa shape index (κ1) is 8.97. The molecule has 2 N–H and O–H groups in total. The van der Waals surface area contributed by atoms with Crippen LogP contribution in [0.3, 0.4) is 0 Å². The highest BCUT2D eigenvalue weighted by atomic mass is 15.0. The standard InChI is InChI=1S/C13H11N3/c14-11-6-4-10(5-7-11)12-9-15-13-3-1-2-8-16(12)13/h1-9H,14H2. The maximum absolute atomic E-state index is 5.67. The Kier molecular flexibility index (Phi) is 1.90. The molecule has 0 fully saturated rings. The number of imidazole rings is 1. The maximum Gasteiger partial charge on any atom is 0.137 e. The quantitative estimate of drug-likeness (QED) is 0.626. The van der Waals surface area contributed by atoms with Gasteiger partial charge in [0.2, 0.25) is 0 Å². The molecule has 0 aliphatic heterocycles. The zero-order chi connectivity index (χ0) is 11.0. The van der Waals surface area contributed by atoms with Crippen molar-refractivity contribution in [3.05, 3.63) is 54.9 Å². The minimum Gasteiger partial charge on any atom is -0.399 e. The molecule has 0 atom stereocenters. The van der Waals surface area contributed by atoms with Crippen LogP contribution in [0.4, 0.5) is 5.69 Å². The minimum atomic E-state index is 0.776. The number of aromatic nitrogens is 2. The van der Waals surface area contributed by atoms with Crippen LogP contribution in [-0.2, 0) is 0 Å². The van der Waals surface area contributed by atoms with Crippen LogP contribution in [-0.4, -0.2) is 9.38 Å². The molecule has 0 saturated heterocycles. The summed E-state index contributed by atoms with van der Waals surface area (Å²) in [5.41, 5.74) is 9.60. The van der Waals surface area contributed by atoms with Crippen LogP contribution in [0.25, 0.3) is 16.9 Å². The summed E-state index contributed by atoms with van der Waals surface area (Å²) < 4.78 is 2.06. The third-order valence-corrected chi connectivity index (χ3v) is 2.62. The van der Waals surface area contributed by atoms with Gasteiger partial charge in [0.05, 0.1) is 11.9 Å². The SMILES string of the molecule is Nc1ccc(-c2cnc3ccccn23)cc1. The average molecular weight is 209 g/mol. The van der Waals surface area contributed by atoms with Gasteiger partial charge in [0, 0.05) is 17.4 Å². The number of rotatable bonds is 1. The Morgan fingerprint density at radius 1 is 1.00 bits per heavy atom. The molecule has 0 bridgehead atoms. The molecular formula is C13H11N3. The molecule has 0 saturated carbocycles. The lowest BCUT2D eigenvalue weighted by molar-refractivity contribution is 1.19. The predicted octanol–water partition coefficient (Wildman–Crippen LogP) is 2.58. The second-order valence-corrected chi connectivity index (χ2v) is 3.69. The van der Waals surface area contributed by atoms with Crippen molar-refractivity contribution in [1.82, 2.24) is 9.38 Å². The van der Waals surface area contributed by atoms with Crippen molar-refractivity contribution >= 4 is 11.3 Å². The first-order chi connectivity index (χ1) is 7.84. The Hall–Kier alpha value is -2.29. The topological polar surface area (TPSA) is 43.3 Å². The molecule has 2 aromatic heterocycles. The fraction of sp³-hybridized carbons (Fsp3) is 0. The number of nitrogen functional groups attached to an aromatic ring is 1. The van der Waals surface area contributed by atoms with E-state index in [2.05, 4.69) is 9.38 Å². The summed E-state index contributed by atoms with van der Waals surface area (Å²) in [5, 5.41) is 0. The van der Waals surface area contributed by atoms with Crippen molar-refractivity contribution in [2.24, 2.45) is 0 Å². The Balaban J connectivity index is 2.22. The Morgan fingerprint density at radius 2 is 1.81 bits per heavy atom. The van der Waals surface area contributed by atoms with Crippen molar-refractivity contribution < 1.29 is 0 Å². The third kappa shape index (κ3) is 1.34. The van der Waals surface area contributed by atoms with Gasteiger partial charge in [-0.05, 0) is 24.3 Å². The van der Waals surface area contributed by atoms with E-state index in [9.17, 15) is 0 Å². The molecular weight excluding hydrogens is 198 g/mol. The van der Waals surface area contributed by atoms with E-state index in [0.29, 0.717) is 0 Å². The lowest BCUT2D eigenvalue weighted by Crippen LogP contribution is -1.88. The van der Waals surface area contributed by atoms with Gasteiger partial charge in [-0.2, -0.15) is 0 Å². The van der Waals surface area contributed by atoms with Crippen molar-refractivity contribution in [2.75, 3.05) is 5.73 Å². The van der Waals surface area contributed by atoms with Crippen LogP contribution < -0.4 is 5.73 Å². The number of benzene rings is 1. The lowest BCUT2D eigenvalue weighted by Gasteiger charge is -2.01. The zero-order valence-corrected chi connectivity index (χ0v) is 8.67. The normalized spacial score (nSPS) is 10.8. The van der Waals surface area contributed by atoms with Gasteiger partial charge in [0.15, 0.2) is 0 Å². The average Bonchev–Trinajstić information content (AvgIpc) is 2.74. The molecule has 0 aliphatic rings. The number of nitrogens with two attached hydrogens (primary N) is 1. The Bertz CT molecular complexity index is 623. The number of hydrogen-bond acceptors (Lipinski definition) is 2. The van der Waals surface area contributed by atoms with Crippen LogP contribution in [0, 0.1) is 0 Å². The summed E-state index contributed by atoms with van der Waals surface area (Å²) in [6, 6.07) is 13.8. The molecule has 0 unspecified atom stereocenters. The van der Waals surface area contributed by atoms with Gasteiger partial charge in [-0.3, -0.25) is 4.40 Å². The molecule has 0 spiro atoms. The Labute approximate surface area is 93.2 Å². The van der Waals surface area contributed by atoms with Crippen LogP contribution in [0.15, 0.2) is 54.9 Å². The molecule has 1 aromatic carbocycles. The van der Waals surface area contributed by atoms with Gasteiger partial charge >= 0.3 is 0 Å². The lowest BCUT2D eigenvalue weighted by atomic mass is 10.1. The number of hydrogen-bond donors (Lipinski definition) is 1. The molecule has 3 aromatic rings. The maximum atomic E-state index is 5.67. The van der Waals surface area contributed by atoms with Gasteiger partial charge in [-0.25, -0.2) is 4.98 Å². The molecule has 3 nitrogen and oxygen atoms in total. The molecule has 2 heterocycles. The molecule has 78 valence electrons. The van der Waals surface area contributed by atoms with E-state index in [1.807, 2.05) is 54.9 Å². The summed E-state index contributed by atoms with van der Waals surface area (Å²) in [6.45, 7) is 0. The zero-order valence-electron chi connectivity index (χ0n) is 8.67. The van der Waals surface area contributed by atoms with E-state index < -0.39 is 0 Å². The number of fused-ring (bicyclic) bond motifs is 1. The van der Waals surface area contributed by atoms with E-state index in [1.165, 1.54) is 0 Å². The van der Waals surface area contributed by atoms with E-state index in [4.69, 9.17) is 5.73 Å². The smallest absolute Gasteiger partial charge is 0.137 e.